The largest absolute Gasteiger partial charge is 0.426 e. The molecule has 2 aromatic carbocycles. The van der Waals surface area contributed by atoms with Crippen LogP contribution in [0.1, 0.15) is 32.6 Å². The summed E-state index contributed by atoms with van der Waals surface area (Å²) in [7, 11) is 0. The summed E-state index contributed by atoms with van der Waals surface area (Å²) >= 11 is 6.20. The number of imide groups is 1. The van der Waals surface area contributed by atoms with E-state index in [0.29, 0.717) is 28.1 Å². The van der Waals surface area contributed by atoms with Crippen LogP contribution in [-0.2, 0) is 19.2 Å². The SMILES string of the molecule is C[C@@H]1CC[C@@H]2C(=O)N(c3ccc(OC(=O)[C@@H]4CC(=O)N(c5ccccc5Cl)C4)cc3)C(=O)[C@H]2C1. The van der Waals surface area contributed by atoms with Crippen LogP contribution < -0.4 is 14.5 Å². The average molecular weight is 481 g/mol. The predicted molar refractivity (Wildman–Crippen MR) is 126 cm³/mol. The Kier molecular flexibility index (Phi) is 5.90. The summed E-state index contributed by atoms with van der Waals surface area (Å²) in [4.78, 5) is 53.7. The second kappa shape index (κ2) is 8.87. The number of carbonyl (C=O) groups excluding carboxylic acids is 4. The van der Waals surface area contributed by atoms with Crippen LogP contribution in [0.4, 0.5) is 11.4 Å². The number of benzene rings is 2. The lowest BCUT2D eigenvalue weighted by Gasteiger charge is -2.25. The number of halogens is 1. The number of esters is 1. The second-order valence-corrected chi connectivity index (χ2v) is 9.82. The molecule has 2 aliphatic heterocycles. The number of para-hydroxylation sites is 1. The standard InChI is InChI=1S/C26H25ClN2O5/c1-15-6-11-19-20(12-15)25(32)29(24(19)31)17-7-9-18(10-8-17)34-26(33)16-13-23(30)28(14-16)22-5-3-2-4-21(22)27/h2-5,7-10,15-16,19-20H,6,11-14H2,1H3/t15-,16-,19+,20+/m1/s1. The predicted octanol–water partition coefficient (Wildman–Crippen LogP) is 4.22. The molecule has 1 aliphatic carbocycles. The van der Waals surface area contributed by atoms with Crippen LogP contribution in [-0.4, -0.2) is 30.2 Å². The number of hydrogen-bond donors (Lipinski definition) is 0. The Hall–Kier alpha value is -3.19. The van der Waals surface area contributed by atoms with Gasteiger partial charge in [0.05, 0.1) is 34.2 Å². The van der Waals surface area contributed by atoms with Gasteiger partial charge in [0, 0.05) is 13.0 Å². The van der Waals surface area contributed by atoms with Crippen molar-refractivity contribution < 1.29 is 23.9 Å². The Morgan fingerprint density at radius 3 is 2.41 bits per heavy atom. The van der Waals surface area contributed by atoms with Crippen LogP contribution in [0.2, 0.25) is 5.02 Å². The smallest absolute Gasteiger partial charge is 0.316 e. The number of amides is 3. The highest BCUT2D eigenvalue weighted by Crippen LogP contribution is 2.42. The Balaban J connectivity index is 1.25. The van der Waals surface area contributed by atoms with Gasteiger partial charge in [-0.05, 0) is 61.6 Å². The molecule has 0 bridgehead atoms. The van der Waals surface area contributed by atoms with E-state index >= 15 is 0 Å². The van der Waals surface area contributed by atoms with Gasteiger partial charge in [-0.2, -0.15) is 0 Å². The Morgan fingerprint density at radius 1 is 0.971 bits per heavy atom. The summed E-state index contributed by atoms with van der Waals surface area (Å²) in [5, 5.41) is 0.445. The lowest BCUT2D eigenvalue weighted by molar-refractivity contribution is -0.139. The first kappa shape index (κ1) is 22.6. The zero-order chi connectivity index (χ0) is 24.0. The minimum absolute atomic E-state index is 0.0418. The maximum absolute atomic E-state index is 12.9. The fraction of sp³-hybridized carbons (Fsp3) is 0.385. The van der Waals surface area contributed by atoms with Gasteiger partial charge in [-0.1, -0.05) is 30.7 Å². The van der Waals surface area contributed by atoms with Crippen molar-refractivity contribution in [3.8, 4) is 5.75 Å². The Bertz CT molecular complexity index is 1160. The van der Waals surface area contributed by atoms with Crippen LogP contribution in [0, 0.1) is 23.7 Å². The van der Waals surface area contributed by atoms with Gasteiger partial charge in [-0.3, -0.25) is 24.1 Å². The van der Waals surface area contributed by atoms with E-state index in [1.807, 2.05) is 0 Å². The van der Waals surface area contributed by atoms with E-state index < -0.39 is 11.9 Å². The third kappa shape index (κ3) is 3.98. The van der Waals surface area contributed by atoms with Crippen LogP contribution in [0.3, 0.4) is 0 Å². The fourth-order valence-corrected chi connectivity index (χ4v) is 5.51. The number of hydrogen-bond acceptors (Lipinski definition) is 5. The van der Waals surface area contributed by atoms with E-state index in [0.717, 1.165) is 19.3 Å². The van der Waals surface area contributed by atoms with Crippen LogP contribution >= 0.6 is 11.6 Å². The average Bonchev–Trinajstić information content (AvgIpc) is 3.32. The van der Waals surface area contributed by atoms with Gasteiger partial charge >= 0.3 is 5.97 Å². The van der Waals surface area contributed by atoms with Gasteiger partial charge in [0.2, 0.25) is 17.7 Å². The highest BCUT2D eigenvalue weighted by Gasteiger charge is 2.50. The molecule has 1 saturated carbocycles. The van der Waals surface area contributed by atoms with Crippen molar-refractivity contribution in [1.82, 2.24) is 0 Å². The topological polar surface area (TPSA) is 84.0 Å². The van der Waals surface area contributed by atoms with E-state index in [-0.39, 0.29) is 42.5 Å². The molecular weight excluding hydrogens is 456 g/mol. The fourth-order valence-electron chi connectivity index (χ4n) is 5.28. The first-order valence-electron chi connectivity index (χ1n) is 11.6. The second-order valence-electron chi connectivity index (χ2n) is 9.41. The number of rotatable bonds is 4. The lowest BCUT2D eigenvalue weighted by atomic mass is 9.76. The van der Waals surface area contributed by atoms with Crippen LogP contribution in [0.15, 0.2) is 48.5 Å². The summed E-state index contributed by atoms with van der Waals surface area (Å²) in [6, 6.07) is 13.4. The third-order valence-electron chi connectivity index (χ3n) is 7.10. The van der Waals surface area contributed by atoms with Crippen molar-refractivity contribution in [2.75, 3.05) is 16.3 Å². The minimum atomic E-state index is -0.615. The molecule has 34 heavy (non-hydrogen) atoms. The summed E-state index contributed by atoms with van der Waals surface area (Å²) in [5.74, 6) is -1.34. The Labute approximate surface area is 202 Å². The molecule has 3 amide bonds. The van der Waals surface area contributed by atoms with Gasteiger partial charge in [0.15, 0.2) is 0 Å². The lowest BCUT2D eigenvalue weighted by Crippen LogP contribution is -2.30. The van der Waals surface area contributed by atoms with Crippen molar-refractivity contribution in [1.29, 1.82) is 0 Å². The molecule has 8 heteroatoms. The van der Waals surface area contributed by atoms with Crippen LogP contribution in [0.5, 0.6) is 5.75 Å². The number of carbonyl (C=O) groups is 4. The van der Waals surface area contributed by atoms with Crippen molar-refractivity contribution in [2.24, 2.45) is 23.7 Å². The van der Waals surface area contributed by atoms with E-state index in [1.165, 1.54) is 9.80 Å². The number of nitrogens with zero attached hydrogens (tertiary/aromatic N) is 2. The summed E-state index contributed by atoms with van der Waals surface area (Å²) in [5.41, 5.74) is 1.06. The zero-order valence-corrected chi connectivity index (χ0v) is 19.5. The molecule has 5 rings (SSSR count). The highest BCUT2D eigenvalue weighted by atomic mass is 35.5. The van der Waals surface area contributed by atoms with Gasteiger partial charge in [0.1, 0.15) is 5.75 Å². The first-order chi connectivity index (χ1) is 16.3. The molecule has 3 fully saturated rings. The molecule has 2 saturated heterocycles. The molecule has 176 valence electrons. The number of fused-ring (bicyclic) bond motifs is 1. The van der Waals surface area contributed by atoms with E-state index in [2.05, 4.69) is 6.92 Å². The molecule has 0 unspecified atom stereocenters. The van der Waals surface area contributed by atoms with Crippen molar-refractivity contribution in [3.63, 3.8) is 0 Å². The monoisotopic (exact) mass is 480 g/mol. The maximum Gasteiger partial charge on any atom is 0.316 e. The van der Waals surface area contributed by atoms with Crippen molar-refractivity contribution >= 4 is 46.7 Å². The maximum atomic E-state index is 12.9. The molecule has 0 aromatic heterocycles. The van der Waals surface area contributed by atoms with Gasteiger partial charge in [-0.15, -0.1) is 0 Å². The molecule has 7 nitrogen and oxygen atoms in total. The molecular formula is C26H25ClN2O5. The molecule has 4 atom stereocenters. The van der Waals surface area contributed by atoms with Crippen molar-refractivity contribution in [2.45, 2.75) is 32.6 Å². The number of ether oxygens (including phenoxy) is 1. The zero-order valence-electron chi connectivity index (χ0n) is 18.8. The molecule has 2 aromatic rings. The summed E-state index contributed by atoms with van der Waals surface area (Å²) < 4.78 is 5.50. The Morgan fingerprint density at radius 2 is 1.68 bits per heavy atom. The molecule has 0 spiro atoms. The quantitative estimate of drug-likeness (QED) is 0.371. The van der Waals surface area contributed by atoms with Gasteiger partial charge in [0.25, 0.3) is 0 Å². The molecule has 2 heterocycles. The van der Waals surface area contributed by atoms with Crippen LogP contribution in [0.25, 0.3) is 0 Å². The van der Waals surface area contributed by atoms with Gasteiger partial charge < -0.3 is 9.64 Å². The highest BCUT2D eigenvalue weighted by molar-refractivity contribution is 6.33. The van der Waals surface area contributed by atoms with E-state index in [1.54, 1.807) is 48.5 Å². The van der Waals surface area contributed by atoms with Crippen molar-refractivity contribution in [3.05, 3.63) is 53.6 Å². The summed E-state index contributed by atoms with van der Waals surface area (Å²) in [6.45, 7) is 2.31. The van der Waals surface area contributed by atoms with Gasteiger partial charge in [-0.25, -0.2) is 0 Å². The minimum Gasteiger partial charge on any atom is -0.426 e. The van der Waals surface area contributed by atoms with E-state index in [9.17, 15) is 19.2 Å². The molecule has 0 N–H and O–H groups in total. The molecule has 3 aliphatic rings. The van der Waals surface area contributed by atoms with E-state index in [4.69, 9.17) is 16.3 Å². The molecule has 0 radical (unpaired) electrons. The third-order valence-corrected chi connectivity index (χ3v) is 7.42. The number of anilines is 2. The normalized spacial score (nSPS) is 26.7. The summed E-state index contributed by atoms with van der Waals surface area (Å²) in [6.07, 6.45) is 2.49. The first-order valence-corrected chi connectivity index (χ1v) is 12.0.